The van der Waals surface area contributed by atoms with Crippen LogP contribution in [0.5, 0.6) is 46.0 Å². The molecule has 0 aliphatic carbocycles. The summed E-state index contributed by atoms with van der Waals surface area (Å²) < 4.78 is 38.6. The van der Waals surface area contributed by atoms with E-state index in [-0.39, 0.29) is 43.0 Å². The van der Waals surface area contributed by atoms with Gasteiger partial charge in [-0.2, -0.15) is 0 Å². The molecule has 0 aromatic heterocycles. The summed E-state index contributed by atoms with van der Waals surface area (Å²) in [7, 11) is 13.2. The van der Waals surface area contributed by atoms with E-state index in [1.165, 1.54) is 9.80 Å². The molecule has 6 aromatic carbocycles. The first-order valence-corrected chi connectivity index (χ1v) is 25.5. The summed E-state index contributed by atoms with van der Waals surface area (Å²) in [5.41, 5.74) is 5.95. The molecule has 0 saturated carbocycles. The number of carboxylic acids is 1. The Morgan fingerprint density at radius 3 is 1.22 bits per heavy atom. The van der Waals surface area contributed by atoms with Crippen molar-refractivity contribution in [2.45, 2.75) is 25.7 Å². The van der Waals surface area contributed by atoms with Gasteiger partial charge >= 0.3 is 5.97 Å². The van der Waals surface area contributed by atoms with Crippen LogP contribution in [-0.4, -0.2) is 139 Å². The van der Waals surface area contributed by atoms with Gasteiger partial charge in [0.05, 0.1) is 48.2 Å². The lowest BCUT2D eigenvalue weighted by Gasteiger charge is -2.26. The summed E-state index contributed by atoms with van der Waals surface area (Å²) in [6.45, 7) is 2.18. The molecule has 1 heterocycles. The minimum absolute atomic E-state index is 0.000736. The average Bonchev–Trinajstić information content (AvgIpc) is 3.49. The summed E-state index contributed by atoms with van der Waals surface area (Å²) in [6, 6.07) is 40.3. The number of benzene rings is 6. The zero-order valence-corrected chi connectivity index (χ0v) is 45.9. The first-order chi connectivity index (χ1) is 38.0. The van der Waals surface area contributed by atoms with Crippen LogP contribution in [0.2, 0.25) is 0 Å². The number of hydrogen-bond donors (Lipinski definition) is 2. The molecule has 0 spiro atoms. The molecule has 17 heteroatoms. The highest BCUT2D eigenvalue weighted by Gasteiger charge is 2.19. The third-order valence-electron chi connectivity index (χ3n) is 12.4. The monoisotopic (exact) mass is 1080 g/mol. The van der Waals surface area contributed by atoms with Gasteiger partial charge in [-0.05, 0) is 131 Å². The number of nitrogens with one attached hydrogen (secondary N) is 1. The van der Waals surface area contributed by atoms with Crippen LogP contribution in [0, 0.1) is 0 Å². The molecule has 0 unspecified atom stereocenters. The van der Waals surface area contributed by atoms with Gasteiger partial charge in [0.25, 0.3) is 11.8 Å². The van der Waals surface area contributed by atoms with Gasteiger partial charge < -0.3 is 58.3 Å². The smallest absolute Gasteiger partial charge is 0.303 e. The van der Waals surface area contributed by atoms with Crippen LogP contribution in [0.25, 0.3) is 23.3 Å². The third kappa shape index (κ3) is 18.3. The fraction of sp³-hybridized carbons (Fsp3) is 0.274. The van der Waals surface area contributed by atoms with Crippen molar-refractivity contribution in [2.75, 3.05) is 89.5 Å². The minimum Gasteiger partial charge on any atom is -0.497 e. The van der Waals surface area contributed by atoms with Crippen LogP contribution in [0.3, 0.4) is 0 Å². The van der Waals surface area contributed by atoms with E-state index in [2.05, 4.69) is 5.32 Å². The molecule has 1 aliphatic heterocycles. The normalized spacial score (nSPS) is 12.2. The number of amides is 4. The number of carbonyl (C=O) groups excluding carboxylic acids is 4. The number of likely N-dealkylation sites (N-methyl/N-ethyl adjacent to an activating group) is 2. The molecule has 1 aliphatic rings. The lowest BCUT2D eigenvalue weighted by molar-refractivity contribution is -0.137. The second-order valence-corrected chi connectivity index (χ2v) is 18.5. The molecule has 414 valence electrons. The second kappa shape index (κ2) is 29.4. The lowest BCUT2D eigenvalue weighted by Crippen LogP contribution is -2.45. The Balaban J connectivity index is 0.000000262. The molecule has 17 nitrogen and oxygen atoms in total. The van der Waals surface area contributed by atoms with Crippen molar-refractivity contribution >= 4 is 52.9 Å². The van der Waals surface area contributed by atoms with Gasteiger partial charge in [0.15, 0.2) is 0 Å². The van der Waals surface area contributed by atoms with Crippen molar-refractivity contribution in [1.82, 2.24) is 20.0 Å². The number of nitrogens with zero attached hydrogens (tertiary/aromatic N) is 3. The van der Waals surface area contributed by atoms with Crippen LogP contribution in [-0.2, 0) is 41.6 Å². The van der Waals surface area contributed by atoms with Crippen molar-refractivity contribution < 1.29 is 62.2 Å². The van der Waals surface area contributed by atoms with Crippen LogP contribution in [0.15, 0.2) is 133 Å². The zero-order valence-electron chi connectivity index (χ0n) is 45.9. The lowest BCUT2D eigenvalue weighted by atomic mass is 10.0. The predicted octanol–water partition coefficient (Wildman–Crippen LogP) is 9.17. The summed E-state index contributed by atoms with van der Waals surface area (Å²) in [6.07, 6.45) is 5.00. The summed E-state index contributed by atoms with van der Waals surface area (Å²) >= 11 is 0. The van der Waals surface area contributed by atoms with Gasteiger partial charge in [0.1, 0.15) is 46.0 Å². The molecule has 79 heavy (non-hydrogen) atoms. The maximum absolute atomic E-state index is 13.1. The standard InChI is InChI=1S/C34H39N3O7.C28H29NO6/c1-36(2)34(40)31(21-25-19-29(41-3)22-30(20-25)42-4)26-8-12-28(13-9-26)44-27-10-5-24(6-11-27)7-14-32(38)35-23-33(39)37-15-17-43-18-16-37;1-29(2)28(32)26(17-20-15-24(33-3)18-25(16-20)34-4)21-8-12-23(13-9-21)35-22-10-5-19(6-11-22)7-14-27(30)31/h5-6,8-13,19-22H,7,14-18,23H2,1-4H3,(H,35,38);5-6,8-13,15-18H,7,14H2,1-4H3,(H,30,31)/b31-21+;26-17+. The van der Waals surface area contributed by atoms with E-state index < -0.39 is 5.97 Å². The van der Waals surface area contributed by atoms with Gasteiger partial charge in [-0.25, -0.2) is 0 Å². The molecular weight excluding hydrogens is 1010 g/mol. The first kappa shape index (κ1) is 59.2. The largest absolute Gasteiger partial charge is 0.497 e. The van der Waals surface area contributed by atoms with Gasteiger partial charge in [0, 0.05) is 77.4 Å². The number of aryl methyl sites for hydroxylation is 2. The van der Waals surface area contributed by atoms with Crippen molar-refractivity contribution in [3.8, 4) is 46.0 Å². The summed E-state index contributed by atoms with van der Waals surface area (Å²) in [4.78, 5) is 66.1. The number of aliphatic carboxylic acids is 1. The molecular formula is C62H68N4O13. The highest BCUT2D eigenvalue weighted by Crippen LogP contribution is 2.32. The van der Waals surface area contributed by atoms with E-state index in [1.54, 1.807) is 91.9 Å². The van der Waals surface area contributed by atoms with E-state index in [9.17, 15) is 24.0 Å². The van der Waals surface area contributed by atoms with E-state index in [0.29, 0.717) is 96.3 Å². The fourth-order valence-corrected chi connectivity index (χ4v) is 8.00. The van der Waals surface area contributed by atoms with Crippen molar-refractivity contribution in [2.24, 2.45) is 0 Å². The first-order valence-electron chi connectivity index (χ1n) is 25.5. The highest BCUT2D eigenvalue weighted by atomic mass is 16.5. The van der Waals surface area contributed by atoms with Crippen LogP contribution >= 0.6 is 0 Å². The van der Waals surface area contributed by atoms with E-state index >= 15 is 0 Å². The Bertz CT molecular complexity index is 3030. The molecule has 4 amide bonds. The number of carboxylic acid groups (broad SMARTS) is 1. The van der Waals surface area contributed by atoms with Crippen molar-refractivity contribution in [1.29, 1.82) is 0 Å². The Kier molecular flexibility index (Phi) is 22.0. The highest BCUT2D eigenvalue weighted by molar-refractivity contribution is 6.24. The minimum atomic E-state index is -0.822. The van der Waals surface area contributed by atoms with Gasteiger partial charge in [0.2, 0.25) is 11.8 Å². The number of carbonyl (C=O) groups is 5. The van der Waals surface area contributed by atoms with E-state index in [0.717, 1.165) is 33.4 Å². The Morgan fingerprint density at radius 2 is 0.873 bits per heavy atom. The average molecular weight is 1080 g/mol. The molecule has 0 radical (unpaired) electrons. The number of methoxy groups -OCH3 is 4. The number of rotatable bonds is 22. The maximum Gasteiger partial charge on any atom is 0.303 e. The van der Waals surface area contributed by atoms with Crippen molar-refractivity contribution in [3.63, 3.8) is 0 Å². The van der Waals surface area contributed by atoms with Gasteiger partial charge in [-0.3, -0.25) is 24.0 Å². The summed E-state index contributed by atoms with van der Waals surface area (Å²) in [5.74, 6) is 3.66. The van der Waals surface area contributed by atoms with Crippen LogP contribution < -0.4 is 33.7 Å². The van der Waals surface area contributed by atoms with Gasteiger partial charge in [-0.1, -0.05) is 48.5 Å². The molecule has 1 fully saturated rings. The number of morpholine rings is 1. The van der Waals surface area contributed by atoms with E-state index in [4.69, 9.17) is 38.3 Å². The number of hydrogen-bond acceptors (Lipinski definition) is 12. The molecule has 0 atom stereocenters. The molecule has 6 aromatic rings. The Labute approximate surface area is 461 Å². The fourth-order valence-electron chi connectivity index (χ4n) is 8.00. The maximum atomic E-state index is 13.1. The van der Waals surface area contributed by atoms with Crippen LogP contribution in [0.4, 0.5) is 0 Å². The van der Waals surface area contributed by atoms with Gasteiger partial charge in [-0.15, -0.1) is 0 Å². The van der Waals surface area contributed by atoms with E-state index in [1.807, 2.05) is 115 Å². The topological polar surface area (TPSA) is 192 Å². The SMILES string of the molecule is COc1cc(/C=C(/C(=O)N(C)C)c2ccc(Oc3ccc(CCC(=O)NCC(=O)N4CCOCC4)cc3)cc2)cc(OC)c1.COc1cc(/C=C(/C(=O)N(C)C)c2ccc(Oc3ccc(CCC(=O)O)cc3)cc2)cc(OC)c1. The zero-order chi connectivity index (χ0) is 56.8. The molecule has 7 rings (SSSR count). The summed E-state index contributed by atoms with van der Waals surface area (Å²) in [5, 5.41) is 11.5. The van der Waals surface area contributed by atoms with Crippen LogP contribution in [0.1, 0.15) is 46.2 Å². The Morgan fingerprint density at radius 1 is 0.519 bits per heavy atom. The molecule has 2 N–H and O–H groups in total. The second-order valence-electron chi connectivity index (χ2n) is 18.5. The molecule has 0 bridgehead atoms. The predicted molar refractivity (Wildman–Crippen MR) is 303 cm³/mol. The Hall–Kier alpha value is -9.09. The third-order valence-corrected chi connectivity index (χ3v) is 12.4. The number of ether oxygens (including phenoxy) is 7. The van der Waals surface area contributed by atoms with Crippen molar-refractivity contribution in [3.05, 3.63) is 167 Å². The molecule has 1 saturated heterocycles. The quantitative estimate of drug-likeness (QED) is 0.0484.